The van der Waals surface area contributed by atoms with Gasteiger partial charge < -0.3 is 14.4 Å². The van der Waals surface area contributed by atoms with E-state index in [1.165, 1.54) is 38.5 Å². The van der Waals surface area contributed by atoms with E-state index in [0.717, 1.165) is 5.56 Å². The van der Waals surface area contributed by atoms with Crippen LogP contribution < -0.4 is 0 Å². The second-order valence-corrected chi connectivity index (χ2v) is 7.10. The fourth-order valence-corrected chi connectivity index (χ4v) is 3.55. The van der Waals surface area contributed by atoms with Crippen LogP contribution in [0.5, 0.6) is 0 Å². The molecule has 0 saturated carbocycles. The van der Waals surface area contributed by atoms with Gasteiger partial charge in [0.15, 0.2) is 0 Å². The largest absolute Gasteiger partial charge is 0.466 e. The number of carbonyl (C=O) groups excluding carboxylic acids is 2. The summed E-state index contributed by atoms with van der Waals surface area (Å²) in [7, 11) is 2.48. The van der Waals surface area contributed by atoms with Crippen molar-refractivity contribution in [2.75, 3.05) is 14.2 Å². The number of nitro benzene ring substituents is 1. The Morgan fingerprint density at radius 2 is 1.55 bits per heavy atom. The highest BCUT2D eigenvalue weighted by atomic mass is 35.5. The van der Waals surface area contributed by atoms with E-state index < -0.39 is 22.8 Å². The lowest BCUT2D eigenvalue weighted by Crippen LogP contribution is -2.28. The number of methoxy groups -OCH3 is 2. The highest BCUT2D eigenvalue weighted by Gasteiger charge is 2.35. The number of rotatable bonds is 6. The van der Waals surface area contributed by atoms with E-state index in [4.69, 9.17) is 21.1 Å². The first-order chi connectivity index (χ1) is 14.8. The maximum Gasteiger partial charge on any atom is 0.336 e. The molecule has 0 aliphatic carbocycles. The predicted octanol–water partition coefficient (Wildman–Crippen LogP) is 3.96. The van der Waals surface area contributed by atoms with Gasteiger partial charge in [-0.15, -0.1) is 0 Å². The SMILES string of the molecule is COC(=O)C1=CN(Cc2ccccc2Cl)C=C(C(=O)OC)C1c1ccc([N+](=O)[O-])cc1. The molecule has 0 radical (unpaired) electrons. The lowest BCUT2D eigenvalue weighted by molar-refractivity contribution is -0.384. The number of non-ortho nitro benzene ring substituents is 1. The van der Waals surface area contributed by atoms with Crippen LogP contribution in [0.1, 0.15) is 17.0 Å². The summed E-state index contributed by atoms with van der Waals surface area (Å²) in [5.41, 5.74) is 1.57. The first-order valence-electron chi connectivity index (χ1n) is 9.19. The maximum absolute atomic E-state index is 12.6. The van der Waals surface area contributed by atoms with Crippen LogP contribution in [0.25, 0.3) is 0 Å². The van der Waals surface area contributed by atoms with Gasteiger partial charge in [0, 0.05) is 36.1 Å². The number of hydrogen-bond donors (Lipinski definition) is 0. The molecule has 0 N–H and O–H groups in total. The minimum Gasteiger partial charge on any atom is -0.466 e. The fraction of sp³-hybridized carbons (Fsp3) is 0.182. The number of esters is 2. The third kappa shape index (κ3) is 4.75. The molecule has 0 amide bonds. The van der Waals surface area contributed by atoms with Gasteiger partial charge in [-0.1, -0.05) is 41.9 Å². The summed E-state index contributed by atoms with van der Waals surface area (Å²) >= 11 is 6.25. The van der Waals surface area contributed by atoms with Gasteiger partial charge >= 0.3 is 11.9 Å². The van der Waals surface area contributed by atoms with Crippen LogP contribution in [0.4, 0.5) is 5.69 Å². The summed E-state index contributed by atoms with van der Waals surface area (Å²) in [6, 6.07) is 12.8. The summed E-state index contributed by atoms with van der Waals surface area (Å²) in [6.45, 7) is 0.299. The van der Waals surface area contributed by atoms with E-state index in [9.17, 15) is 19.7 Å². The number of halogens is 1. The first-order valence-corrected chi connectivity index (χ1v) is 9.57. The Labute approximate surface area is 183 Å². The Balaban J connectivity index is 2.08. The van der Waals surface area contributed by atoms with Crippen LogP contribution in [0.15, 0.2) is 72.1 Å². The lowest BCUT2D eigenvalue weighted by Gasteiger charge is -2.30. The van der Waals surface area contributed by atoms with E-state index in [-0.39, 0.29) is 16.8 Å². The van der Waals surface area contributed by atoms with Crippen molar-refractivity contribution in [3.05, 3.63) is 98.3 Å². The van der Waals surface area contributed by atoms with E-state index in [1.807, 2.05) is 12.1 Å². The van der Waals surface area contributed by atoms with E-state index in [2.05, 4.69) is 0 Å². The van der Waals surface area contributed by atoms with Crippen molar-refractivity contribution in [2.24, 2.45) is 0 Å². The molecule has 0 saturated heterocycles. The molecule has 3 rings (SSSR count). The standard InChI is InChI=1S/C22H19ClN2O6/c1-30-21(26)17-12-24(11-15-5-3-4-6-19(15)23)13-18(22(27)31-2)20(17)14-7-9-16(10-8-14)25(28)29/h3-10,12-13,20H,11H2,1-2H3. The molecule has 0 bridgehead atoms. The lowest BCUT2D eigenvalue weighted by atomic mass is 9.83. The zero-order valence-electron chi connectivity index (χ0n) is 16.8. The normalized spacial score (nSPS) is 13.8. The minimum absolute atomic E-state index is 0.105. The van der Waals surface area contributed by atoms with Gasteiger partial charge in [0.2, 0.25) is 0 Å². The van der Waals surface area contributed by atoms with Gasteiger partial charge in [-0.3, -0.25) is 10.1 Å². The number of carbonyl (C=O) groups is 2. The molecule has 1 aliphatic heterocycles. The summed E-state index contributed by atoms with van der Waals surface area (Å²) in [4.78, 5) is 37.4. The number of nitro groups is 1. The van der Waals surface area contributed by atoms with Crippen molar-refractivity contribution >= 4 is 29.2 Å². The molecule has 1 heterocycles. The monoisotopic (exact) mass is 442 g/mol. The van der Waals surface area contributed by atoms with Crippen LogP contribution in [0.3, 0.4) is 0 Å². The number of nitrogens with zero attached hydrogens (tertiary/aromatic N) is 2. The van der Waals surface area contributed by atoms with E-state index in [0.29, 0.717) is 17.1 Å². The molecule has 0 spiro atoms. The molecule has 0 fully saturated rings. The smallest absolute Gasteiger partial charge is 0.336 e. The van der Waals surface area contributed by atoms with Crippen LogP contribution in [0.2, 0.25) is 5.02 Å². The second-order valence-electron chi connectivity index (χ2n) is 6.70. The van der Waals surface area contributed by atoms with E-state index in [1.54, 1.807) is 29.4 Å². The fourth-order valence-electron chi connectivity index (χ4n) is 3.35. The zero-order chi connectivity index (χ0) is 22.5. The van der Waals surface area contributed by atoms with Gasteiger partial charge in [0.05, 0.1) is 36.2 Å². The Morgan fingerprint density at radius 1 is 1.00 bits per heavy atom. The molecule has 0 unspecified atom stereocenters. The van der Waals surface area contributed by atoms with Gasteiger partial charge in [0.25, 0.3) is 5.69 Å². The average molecular weight is 443 g/mol. The summed E-state index contributed by atoms with van der Waals surface area (Å²) in [5.74, 6) is -2.09. The van der Waals surface area contributed by atoms with Crippen molar-refractivity contribution in [3.8, 4) is 0 Å². The Kier molecular flexibility index (Phi) is 6.71. The quantitative estimate of drug-likeness (QED) is 0.379. The van der Waals surface area contributed by atoms with Gasteiger partial charge in [0.1, 0.15) is 0 Å². The van der Waals surface area contributed by atoms with Crippen LogP contribution in [-0.2, 0) is 25.6 Å². The predicted molar refractivity (Wildman–Crippen MR) is 113 cm³/mol. The molecule has 8 nitrogen and oxygen atoms in total. The van der Waals surface area contributed by atoms with Crippen LogP contribution >= 0.6 is 11.6 Å². The molecule has 31 heavy (non-hydrogen) atoms. The average Bonchev–Trinajstić information content (AvgIpc) is 2.79. The van der Waals surface area contributed by atoms with Crippen molar-refractivity contribution in [2.45, 2.75) is 12.5 Å². The van der Waals surface area contributed by atoms with Gasteiger partial charge in [-0.05, 0) is 17.2 Å². The van der Waals surface area contributed by atoms with Crippen molar-refractivity contribution < 1.29 is 24.0 Å². The third-order valence-electron chi connectivity index (χ3n) is 4.82. The topological polar surface area (TPSA) is 99.0 Å². The Morgan fingerprint density at radius 3 is 2.03 bits per heavy atom. The summed E-state index contributed by atoms with van der Waals surface area (Å²) < 4.78 is 9.88. The molecule has 160 valence electrons. The molecule has 1 aliphatic rings. The van der Waals surface area contributed by atoms with Gasteiger partial charge in [-0.2, -0.15) is 0 Å². The molecule has 9 heteroatoms. The van der Waals surface area contributed by atoms with E-state index >= 15 is 0 Å². The number of benzene rings is 2. The van der Waals surface area contributed by atoms with Crippen molar-refractivity contribution in [1.29, 1.82) is 0 Å². The summed E-state index contributed by atoms with van der Waals surface area (Å²) in [6.07, 6.45) is 3.15. The Bertz CT molecular complexity index is 1040. The summed E-state index contributed by atoms with van der Waals surface area (Å²) in [5, 5.41) is 11.5. The zero-order valence-corrected chi connectivity index (χ0v) is 17.5. The highest BCUT2D eigenvalue weighted by molar-refractivity contribution is 6.31. The molecular weight excluding hydrogens is 424 g/mol. The van der Waals surface area contributed by atoms with Crippen LogP contribution in [-0.4, -0.2) is 36.0 Å². The first kappa shape index (κ1) is 22.0. The second kappa shape index (κ2) is 9.44. The number of hydrogen-bond acceptors (Lipinski definition) is 7. The third-order valence-corrected chi connectivity index (χ3v) is 5.19. The number of ether oxygens (including phenoxy) is 2. The van der Waals surface area contributed by atoms with Crippen molar-refractivity contribution in [3.63, 3.8) is 0 Å². The highest BCUT2D eigenvalue weighted by Crippen LogP contribution is 2.38. The molecular formula is C22H19ClN2O6. The van der Waals surface area contributed by atoms with Gasteiger partial charge in [-0.25, -0.2) is 9.59 Å². The molecule has 2 aromatic carbocycles. The maximum atomic E-state index is 12.6. The van der Waals surface area contributed by atoms with Crippen LogP contribution in [0, 0.1) is 10.1 Å². The molecule has 0 atom stereocenters. The van der Waals surface area contributed by atoms with Crippen molar-refractivity contribution in [1.82, 2.24) is 4.90 Å². The minimum atomic E-state index is -0.816. The Hall–Kier alpha value is -3.65. The molecule has 2 aromatic rings. The molecule has 0 aromatic heterocycles.